The van der Waals surface area contributed by atoms with E-state index in [1.807, 2.05) is 12.1 Å². The maximum atomic E-state index is 12.0. The Morgan fingerprint density at radius 2 is 1.61 bits per heavy atom. The van der Waals surface area contributed by atoms with Crippen LogP contribution < -0.4 is 4.74 Å². The fourth-order valence-electron chi connectivity index (χ4n) is 1.99. The molecule has 23 heavy (non-hydrogen) atoms. The third-order valence-electron chi connectivity index (χ3n) is 3.13. The maximum Gasteiger partial charge on any atom is 0.342 e. The predicted molar refractivity (Wildman–Crippen MR) is 84.9 cm³/mol. The fraction of sp³-hybridized carbons (Fsp3) is 0.176. The van der Waals surface area contributed by atoms with Crippen LogP contribution in [0.3, 0.4) is 0 Å². The number of hydrogen-bond donors (Lipinski definition) is 0. The molecule has 0 atom stereocenters. The number of ether oxygens (including phenoxy) is 3. The second-order valence-electron chi connectivity index (χ2n) is 4.58. The standard InChI is InChI=1S/C17H15ClO5/c1-21-16(19)13-4-3-5-14(15(13)17(20)22-2)23-10-11-6-8-12(18)9-7-11/h3-9H,10H2,1-2H3. The monoisotopic (exact) mass is 334 g/mol. The highest BCUT2D eigenvalue weighted by atomic mass is 35.5. The van der Waals surface area contributed by atoms with E-state index in [0.29, 0.717) is 5.02 Å². The number of esters is 2. The first-order valence-corrected chi connectivity index (χ1v) is 7.11. The van der Waals surface area contributed by atoms with Gasteiger partial charge in [-0.25, -0.2) is 9.59 Å². The molecule has 0 unspecified atom stereocenters. The van der Waals surface area contributed by atoms with Crippen LogP contribution in [0.5, 0.6) is 5.75 Å². The molecule has 2 aromatic rings. The van der Waals surface area contributed by atoms with Crippen LogP contribution in [0, 0.1) is 0 Å². The van der Waals surface area contributed by atoms with Gasteiger partial charge in [-0.3, -0.25) is 0 Å². The molecule has 0 aliphatic carbocycles. The second kappa shape index (κ2) is 7.65. The van der Waals surface area contributed by atoms with Gasteiger partial charge in [0.15, 0.2) is 0 Å². The molecule has 0 saturated carbocycles. The number of methoxy groups -OCH3 is 2. The Morgan fingerprint density at radius 1 is 0.957 bits per heavy atom. The third kappa shape index (κ3) is 4.02. The molecule has 0 fully saturated rings. The van der Waals surface area contributed by atoms with E-state index in [1.54, 1.807) is 24.3 Å². The summed E-state index contributed by atoms with van der Waals surface area (Å²) in [7, 11) is 2.48. The number of hydrogen-bond acceptors (Lipinski definition) is 5. The normalized spacial score (nSPS) is 10.0. The SMILES string of the molecule is COC(=O)c1cccc(OCc2ccc(Cl)cc2)c1C(=O)OC. The summed E-state index contributed by atoms with van der Waals surface area (Å²) in [5.74, 6) is -1.06. The van der Waals surface area contributed by atoms with Crippen molar-refractivity contribution in [2.45, 2.75) is 6.61 Å². The lowest BCUT2D eigenvalue weighted by Crippen LogP contribution is -2.14. The zero-order valence-corrected chi connectivity index (χ0v) is 13.4. The molecule has 0 saturated heterocycles. The van der Waals surface area contributed by atoms with Gasteiger partial charge >= 0.3 is 11.9 Å². The van der Waals surface area contributed by atoms with Crippen LogP contribution in [0.4, 0.5) is 0 Å². The molecule has 0 spiro atoms. The van der Waals surface area contributed by atoms with Crippen LogP contribution in [0.25, 0.3) is 0 Å². The van der Waals surface area contributed by atoms with Crippen LogP contribution >= 0.6 is 11.6 Å². The van der Waals surface area contributed by atoms with Gasteiger partial charge in [0, 0.05) is 5.02 Å². The maximum absolute atomic E-state index is 12.0. The van der Waals surface area contributed by atoms with E-state index in [1.165, 1.54) is 20.3 Å². The Hall–Kier alpha value is -2.53. The molecule has 2 aromatic carbocycles. The molecule has 0 aliphatic rings. The molecule has 0 radical (unpaired) electrons. The van der Waals surface area contributed by atoms with Gasteiger partial charge in [0.25, 0.3) is 0 Å². The van der Waals surface area contributed by atoms with Gasteiger partial charge in [-0.1, -0.05) is 29.8 Å². The molecule has 2 rings (SSSR count). The highest BCUT2D eigenvalue weighted by Gasteiger charge is 2.23. The zero-order valence-electron chi connectivity index (χ0n) is 12.7. The number of rotatable bonds is 5. The van der Waals surface area contributed by atoms with Gasteiger partial charge in [0.2, 0.25) is 0 Å². The molecular formula is C17H15ClO5. The zero-order chi connectivity index (χ0) is 16.8. The van der Waals surface area contributed by atoms with Crippen molar-refractivity contribution in [2.75, 3.05) is 14.2 Å². The lowest BCUT2D eigenvalue weighted by Gasteiger charge is -2.13. The summed E-state index contributed by atoms with van der Waals surface area (Å²) in [4.78, 5) is 23.8. The lowest BCUT2D eigenvalue weighted by atomic mass is 10.1. The Balaban J connectivity index is 2.31. The van der Waals surface area contributed by atoms with Crippen LogP contribution in [0.15, 0.2) is 42.5 Å². The van der Waals surface area contributed by atoms with Crippen molar-refractivity contribution >= 4 is 23.5 Å². The van der Waals surface area contributed by atoms with Crippen LogP contribution in [0.2, 0.25) is 5.02 Å². The van der Waals surface area contributed by atoms with Gasteiger partial charge in [-0.05, 0) is 29.8 Å². The summed E-state index contributed by atoms with van der Waals surface area (Å²) in [6.45, 7) is 0.214. The van der Waals surface area contributed by atoms with Crippen molar-refractivity contribution < 1.29 is 23.8 Å². The number of carbonyl (C=O) groups excluding carboxylic acids is 2. The van der Waals surface area contributed by atoms with Crippen LogP contribution in [0.1, 0.15) is 26.3 Å². The minimum Gasteiger partial charge on any atom is -0.488 e. The first-order valence-electron chi connectivity index (χ1n) is 6.73. The minimum atomic E-state index is -0.669. The van der Waals surface area contributed by atoms with E-state index in [2.05, 4.69) is 4.74 Å². The summed E-state index contributed by atoms with van der Waals surface area (Å²) in [6, 6.07) is 11.8. The average Bonchev–Trinajstić information content (AvgIpc) is 2.59. The van der Waals surface area contributed by atoms with Crippen molar-refractivity contribution in [3.05, 3.63) is 64.2 Å². The van der Waals surface area contributed by atoms with Gasteiger partial charge in [0.05, 0.1) is 19.8 Å². The topological polar surface area (TPSA) is 61.8 Å². The predicted octanol–water partition coefficient (Wildman–Crippen LogP) is 3.49. The lowest BCUT2D eigenvalue weighted by molar-refractivity contribution is 0.0550. The highest BCUT2D eigenvalue weighted by Crippen LogP contribution is 2.25. The van der Waals surface area contributed by atoms with Crippen molar-refractivity contribution in [2.24, 2.45) is 0 Å². The summed E-state index contributed by atoms with van der Waals surface area (Å²) < 4.78 is 15.1. The molecule has 120 valence electrons. The van der Waals surface area contributed by atoms with Crippen molar-refractivity contribution in [3.63, 3.8) is 0 Å². The molecule has 0 aliphatic heterocycles. The van der Waals surface area contributed by atoms with E-state index in [4.69, 9.17) is 21.1 Å². The van der Waals surface area contributed by atoms with Gasteiger partial charge < -0.3 is 14.2 Å². The molecule has 0 amide bonds. The summed E-state index contributed by atoms with van der Waals surface area (Å²) in [5.41, 5.74) is 0.998. The smallest absolute Gasteiger partial charge is 0.342 e. The molecule has 0 N–H and O–H groups in total. The first kappa shape index (κ1) is 16.8. The van der Waals surface area contributed by atoms with Crippen molar-refractivity contribution in [3.8, 4) is 5.75 Å². The first-order chi connectivity index (χ1) is 11.1. The number of halogens is 1. The summed E-state index contributed by atoms with van der Waals surface area (Å²) >= 11 is 5.83. The third-order valence-corrected chi connectivity index (χ3v) is 3.38. The summed E-state index contributed by atoms with van der Waals surface area (Å²) in [6.07, 6.45) is 0. The van der Waals surface area contributed by atoms with E-state index in [0.717, 1.165) is 5.56 Å². The highest BCUT2D eigenvalue weighted by molar-refractivity contribution is 6.30. The molecule has 5 nitrogen and oxygen atoms in total. The Morgan fingerprint density at radius 3 is 2.22 bits per heavy atom. The van der Waals surface area contributed by atoms with E-state index >= 15 is 0 Å². The quantitative estimate of drug-likeness (QED) is 0.783. The van der Waals surface area contributed by atoms with Gasteiger partial charge in [-0.2, -0.15) is 0 Å². The van der Waals surface area contributed by atoms with E-state index in [-0.39, 0.29) is 23.5 Å². The van der Waals surface area contributed by atoms with Gasteiger partial charge in [-0.15, -0.1) is 0 Å². The Labute approximate surface area is 138 Å². The number of carbonyl (C=O) groups is 2. The van der Waals surface area contributed by atoms with Crippen molar-refractivity contribution in [1.29, 1.82) is 0 Å². The van der Waals surface area contributed by atoms with Crippen LogP contribution in [-0.4, -0.2) is 26.2 Å². The van der Waals surface area contributed by atoms with Gasteiger partial charge in [0.1, 0.15) is 17.9 Å². The average molecular weight is 335 g/mol. The summed E-state index contributed by atoms with van der Waals surface area (Å²) in [5, 5.41) is 0.622. The van der Waals surface area contributed by atoms with E-state index in [9.17, 15) is 9.59 Å². The second-order valence-corrected chi connectivity index (χ2v) is 5.01. The minimum absolute atomic E-state index is 0.0378. The largest absolute Gasteiger partial charge is 0.488 e. The molecule has 6 heteroatoms. The van der Waals surface area contributed by atoms with Crippen molar-refractivity contribution in [1.82, 2.24) is 0 Å². The van der Waals surface area contributed by atoms with E-state index < -0.39 is 11.9 Å². The molecule has 0 heterocycles. The molecule has 0 bridgehead atoms. The molecular weight excluding hydrogens is 320 g/mol. The number of benzene rings is 2. The van der Waals surface area contributed by atoms with Crippen LogP contribution in [-0.2, 0) is 16.1 Å². The fourth-order valence-corrected chi connectivity index (χ4v) is 2.11. The molecule has 0 aromatic heterocycles. The Kier molecular flexibility index (Phi) is 5.60. The Bertz CT molecular complexity index is 709.